The molecule has 2 aromatic rings. The van der Waals surface area contributed by atoms with Crippen molar-refractivity contribution >= 4 is 27.5 Å². The van der Waals surface area contributed by atoms with Crippen LogP contribution in [0.25, 0.3) is 10.2 Å². The van der Waals surface area contributed by atoms with Gasteiger partial charge in [-0.2, -0.15) is 5.10 Å². The highest BCUT2D eigenvalue weighted by molar-refractivity contribution is 7.20. The van der Waals surface area contributed by atoms with Crippen LogP contribution in [0.1, 0.15) is 54.4 Å². The zero-order valence-electron chi connectivity index (χ0n) is 14.5. The van der Waals surface area contributed by atoms with Crippen LogP contribution in [0, 0.1) is 17.8 Å². The second kappa shape index (κ2) is 5.85. The number of nitrogens with zero attached hydrogens (tertiary/aromatic N) is 2. The van der Waals surface area contributed by atoms with Crippen molar-refractivity contribution in [3.05, 3.63) is 16.6 Å². The lowest BCUT2D eigenvalue weighted by molar-refractivity contribution is 0.0865. The van der Waals surface area contributed by atoms with Gasteiger partial charge in [-0.05, 0) is 43.1 Å². The van der Waals surface area contributed by atoms with Crippen LogP contribution < -0.4 is 5.32 Å². The molecule has 2 N–H and O–H groups in total. The van der Waals surface area contributed by atoms with Gasteiger partial charge in [0.1, 0.15) is 4.83 Å². The summed E-state index contributed by atoms with van der Waals surface area (Å²) in [4.78, 5) is 14.6. The molecule has 0 aromatic carbocycles. The summed E-state index contributed by atoms with van der Waals surface area (Å²) in [5.74, 6) is 1.70. The Morgan fingerprint density at radius 1 is 1.46 bits per heavy atom. The first-order valence-corrected chi connectivity index (χ1v) is 9.69. The first-order valence-electron chi connectivity index (χ1n) is 8.87. The molecule has 4 atom stereocenters. The lowest BCUT2D eigenvalue weighted by Gasteiger charge is -2.30. The second-order valence-electron chi connectivity index (χ2n) is 7.67. The topological polar surface area (TPSA) is 67.2 Å². The minimum Gasteiger partial charge on any atom is -0.396 e. The van der Waals surface area contributed by atoms with Gasteiger partial charge in [-0.15, -0.1) is 11.3 Å². The number of aliphatic hydroxyl groups excluding tert-OH is 1. The van der Waals surface area contributed by atoms with E-state index in [0.717, 1.165) is 27.2 Å². The molecule has 6 heteroatoms. The Morgan fingerprint density at radius 3 is 2.92 bits per heavy atom. The van der Waals surface area contributed by atoms with Crippen LogP contribution in [0.2, 0.25) is 0 Å². The maximum Gasteiger partial charge on any atom is 0.261 e. The molecule has 2 heterocycles. The van der Waals surface area contributed by atoms with Crippen LogP contribution in [-0.4, -0.2) is 33.4 Å². The summed E-state index contributed by atoms with van der Waals surface area (Å²) in [7, 11) is 1.93. The van der Waals surface area contributed by atoms with Crippen molar-refractivity contribution in [2.75, 3.05) is 6.61 Å². The fourth-order valence-electron chi connectivity index (χ4n) is 4.73. The van der Waals surface area contributed by atoms with Crippen LogP contribution in [0.5, 0.6) is 0 Å². The summed E-state index contributed by atoms with van der Waals surface area (Å²) in [6.07, 6.45) is 3.54. The molecule has 4 rings (SSSR count). The molecule has 2 bridgehead atoms. The van der Waals surface area contributed by atoms with Gasteiger partial charge in [0, 0.05) is 31.0 Å². The van der Waals surface area contributed by atoms with Gasteiger partial charge < -0.3 is 10.4 Å². The number of aryl methyl sites for hydroxylation is 1. The number of fused-ring (bicyclic) bond motifs is 3. The smallest absolute Gasteiger partial charge is 0.261 e. The summed E-state index contributed by atoms with van der Waals surface area (Å²) in [5.41, 5.74) is 1.05. The predicted molar refractivity (Wildman–Crippen MR) is 95.3 cm³/mol. The maximum absolute atomic E-state index is 12.8. The minimum atomic E-state index is 0.00176. The second-order valence-corrected chi connectivity index (χ2v) is 8.70. The van der Waals surface area contributed by atoms with E-state index in [-0.39, 0.29) is 24.5 Å². The molecule has 2 aliphatic carbocycles. The van der Waals surface area contributed by atoms with E-state index in [4.69, 9.17) is 0 Å². The highest BCUT2D eigenvalue weighted by atomic mass is 32.1. The van der Waals surface area contributed by atoms with Crippen LogP contribution >= 0.6 is 11.3 Å². The number of rotatable bonds is 4. The highest BCUT2D eigenvalue weighted by Gasteiger charge is 2.47. The highest BCUT2D eigenvalue weighted by Crippen LogP contribution is 2.48. The lowest BCUT2D eigenvalue weighted by atomic mass is 9.85. The number of aromatic nitrogens is 2. The summed E-state index contributed by atoms with van der Waals surface area (Å²) in [5, 5.41) is 18.6. The van der Waals surface area contributed by atoms with E-state index >= 15 is 0 Å². The largest absolute Gasteiger partial charge is 0.396 e. The fraction of sp³-hybridized carbons (Fsp3) is 0.667. The molecule has 1 amide bonds. The van der Waals surface area contributed by atoms with E-state index in [1.807, 2.05) is 17.8 Å². The Balaban J connectivity index is 1.59. The molecule has 4 unspecified atom stereocenters. The zero-order chi connectivity index (χ0) is 17.0. The molecule has 0 saturated heterocycles. The van der Waals surface area contributed by atoms with Crippen molar-refractivity contribution < 1.29 is 9.90 Å². The first-order chi connectivity index (χ1) is 11.5. The molecule has 5 nitrogen and oxygen atoms in total. The Labute approximate surface area is 146 Å². The predicted octanol–water partition coefficient (Wildman–Crippen LogP) is 2.90. The quantitative estimate of drug-likeness (QED) is 0.894. The van der Waals surface area contributed by atoms with Gasteiger partial charge in [-0.25, -0.2) is 0 Å². The van der Waals surface area contributed by atoms with Crippen molar-refractivity contribution in [2.45, 2.75) is 45.1 Å². The Bertz CT molecular complexity index is 779. The van der Waals surface area contributed by atoms with E-state index in [1.54, 1.807) is 0 Å². The number of nitrogens with one attached hydrogen (secondary N) is 1. The SMILES string of the molecule is CC(C)c1nn(C)c2sc(C(=O)NC3C4CCC(C4)C3CO)cc12. The molecule has 2 aliphatic rings. The number of amides is 1. The van der Waals surface area contributed by atoms with Crippen LogP contribution in [0.4, 0.5) is 0 Å². The molecule has 0 spiro atoms. The van der Waals surface area contributed by atoms with E-state index in [1.165, 1.54) is 24.2 Å². The van der Waals surface area contributed by atoms with E-state index < -0.39 is 0 Å². The van der Waals surface area contributed by atoms with Gasteiger partial charge in [0.05, 0.1) is 10.6 Å². The summed E-state index contributed by atoms with van der Waals surface area (Å²) in [6, 6.07) is 2.12. The van der Waals surface area contributed by atoms with Gasteiger partial charge in [-0.3, -0.25) is 9.48 Å². The summed E-state index contributed by atoms with van der Waals surface area (Å²) in [6.45, 7) is 4.43. The standard InChI is InChI=1S/C18H25N3O2S/c1-9(2)15-12-7-14(24-18(12)21(3)20-15)17(23)19-16-11-5-4-10(6-11)13(16)8-22/h7,9-11,13,16,22H,4-6,8H2,1-3H3,(H,19,23). The third-order valence-electron chi connectivity index (χ3n) is 5.91. The third-order valence-corrected chi connectivity index (χ3v) is 7.11. The van der Waals surface area contributed by atoms with Crippen LogP contribution in [0.3, 0.4) is 0 Å². The molecule has 0 aliphatic heterocycles. The molecular formula is C18H25N3O2S. The Kier molecular flexibility index (Phi) is 3.92. The van der Waals surface area contributed by atoms with Crippen LogP contribution in [0.15, 0.2) is 6.07 Å². The molecule has 2 fully saturated rings. The Morgan fingerprint density at radius 2 is 2.21 bits per heavy atom. The molecule has 2 saturated carbocycles. The third kappa shape index (κ3) is 2.39. The maximum atomic E-state index is 12.8. The van der Waals surface area contributed by atoms with E-state index in [0.29, 0.717) is 17.8 Å². The van der Waals surface area contributed by atoms with Gasteiger partial charge >= 0.3 is 0 Å². The average molecular weight is 347 g/mol. The molecule has 2 aromatic heterocycles. The fourth-order valence-corrected chi connectivity index (χ4v) is 5.71. The number of carbonyl (C=O) groups excluding carboxylic acids is 1. The average Bonchev–Trinajstić information content (AvgIpc) is 3.28. The first kappa shape index (κ1) is 16.1. The van der Waals surface area contributed by atoms with Crippen molar-refractivity contribution in [3.63, 3.8) is 0 Å². The number of thiophene rings is 1. The minimum absolute atomic E-state index is 0.00176. The number of carbonyl (C=O) groups is 1. The summed E-state index contributed by atoms with van der Waals surface area (Å²) < 4.78 is 1.88. The van der Waals surface area contributed by atoms with Gasteiger partial charge in [0.25, 0.3) is 5.91 Å². The van der Waals surface area contributed by atoms with E-state index in [9.17, 15) is 9.90 Å². The van der Waals surface area contributed by atoms with Crippen molar-refractivity contribution in [2.24, 2.45) is 24.8 Å². The van der Waals surface area contributed by atoms with Crippen molar-refractivity contribution in [1.29, 1.82) is 0 Å². The number of hydrogen-bond donors (Lipinski definition) is 2. The molecule has 0 radical (unpaired) electrons. The van der Waals surface area contributed by atoms with Gasteiger partial charge in [0.2, 0.25) is 0 Å². The van der Waals surface area contributed by atoms with Crippen LogP contribution in [-0.2, 0) is 7.05 Å². The molecule has 130 valence electrons. The summed E-state index contributed by atoms with van der Waals surface area (Å²) >= 11 is 1.51. The normalized spacial score (nSPS) is 29.0. The van der Waals surface area contributed by atoms with Gasteiger partial charge in [0.15, 0.2) is 0 Å². The number of hydrogen-bond acceptors (Lipinski definition) is 4. The van der Waals surface area contributed by atoms with Crippen molar-refractivity contribution in [3.8, 4) is 0 Å². The van der Waals surface area contributed by atoms with E-state index in [2.05, 4.69) is 24.3 Å². The Hall–Kier alpha value is -1.40. The van der Waals surface area contributed by atoms with Gasteiger partial charge in [-0.1, -0.05) is 13.8 Å². The monoisotopic (exact) mass is 347 g/mol. The van der Waals surface area contributed by atoms with Crippen molar-refractivity contribution in [1.82, 2.24) is 15.1 Å². The zero-order valence-corrected chi connectivity index (χ0v) is 15.3. The number of aliphatic hydroxyl groups is 1. The molecule has 24 heavy (non-hydrogen) atoms. The molecular weight excluding hydrogens is 322 g/mol. The lowest BCUT2D eigenvalue weighted by Crippen LogP contribution is -2.45.